The Morgan fingerprint density at radius 3 is 3.06 bits per heavy atom. The van der Waals surface area contributed by atoms with Crippen LogP contribution in [0, 0.1) is 0 Å². The third-order valence-corrected chi connectivity index (χ3v) is 1.91. The highest BCUT2D eigenvalue weighted by molar-refractivity contribution is 5.68. The number of aromatic nitrogens is 1. The first kappa shape index (κ1) is 10.4. The molecule has 0 atom stereocenters. The SMILES string of the molecule is O=C(O)CNCc1cc(-c2ccco2)on1. The summed E-state index contributed by atoms with van der Waals surface area (Å²) in [7, 11) is 0. The van der Waals surface area contributed by atoms with Gasteiger partial charge >= 0.3 is 5.97 Å². The summed E-state index contributed by atoms with van der Waals surface area (Å²) >= 11 is 0. The van der Waals surface area contributed by atoms with Gasteiger partial charge in [-0.1, -0.05) is 5.16 Å². The van der Waals surface area contributed by atoms with Crippen molar-refractivity contribution in [1.29, 1.82) is 0 Å². The molecule has 2 rings (SSSR count). The first-order chi connectivity index (χ1) is 7.75. The molecule has 0 spiro atoms. The number of nitrogens with zero attached hydrogens (tertiary/aromatic N) is 1. The van der Waals surface area contributed by atoms with E-state index in [1.165, 1.54) is 0 Å². The van der Waals surface area contributed by atoms with Crippen molar-refractivity contribution >= 4 is 5.97 Å². The Morgan fingerprint density at radius 1 is 1.50 bits per heavy atom. The van der Waals surface area contributed by atoms with E-state index in [-0.39, 0.29) is 6.54 Å². The highest BCUT2D eigenvalue weighted by Crippen LogP contribution is 2.20. The highest BCUT2D eigenvalue weighted by atomic mass is 16.5. The lowest BCUT2D eigenvalue weighted by atomic mass is 10.3. The highest BCUT2D eigenvalue weighted by Gasteiger charge is 2.08. The van der Waals surface area contributed by atoms with Gasteiger partial charge in [0.2, 0.25) is 5.76 Å². The molecule has 16 heavy (non-hydrogen) atoms. The third-order valence-electron chi connectivity index (χ3n) is 1.91. The van der Waals surface area contributed by atoms with Gasteiger partial charge in [0.1, 0.15) is 0 Å². The zero-order chi connectivity index (χ0) is 11.4. The molecule has 0 aliphatic carbocycles. The molecule has 0 fully saturated rings. The molecule has 0 unspecified atom stereocenters. The zero-order valence-corrected chi connectivity index (χ0v) is 8.34. The summed E-state index contributed by atoms with van der Waals surface area (Å²) in [6, 6.07) is 5.21. The molecule has 2 aromatic heterocycles. The molecule has 0 aliphatic rings. The minimum Gasteiger partial charge on any atom is -0.480 e. The molecular formula is C10H10N2O4. The lowest BCUT2D eigenvalue weighted by Crippen LogP contribution is -2.21. The minimum absolute atomic E-state index is 0.108. The largest absolute Gasteiger partial charge is 0.480 e. The average molecular weight is 222 g/mol. The van der Waals surface area contributed by atoms with Gasteiger partial charge in [0.15, 0.2) is 5.76 Å². The zero-order valence-electron chi connectivity index (χ0n) is 8.34. The van der Waals surface area contributed by atoms with Crippen molar-refractivity contribution in [3.05, 3.63) is 30.2 Å². The van der Waals surface area contributed by atoms with E-state index in [9.17, 15) is 4.79 Å². The fourth-order valence-electron chi connectivity index (χ4n) is 1.23. The molecule has 0 saturated carbocycles. The van der Waals surface area contributed by atoms with E-state index in [2.05, 4.69) is 10.5 Å². The van der Waals surface area contributed by atoms with Gasteiger partial charge < -0.3 is 19.4 Å². The number of carbonyl (C=O) groups is 1. The van der Waals surface area contributed by atoms with Crippen molar-refractivity contribution in [2.24, 2.45) is 0 Å². The second kappa shape index (κ2) is 4.63. The normalized spacial score (nSPS) is 10.5. The Kier molecular flexibility index (Phi) is 3.02. The maximum Gasteiger partial charge on any atom is 0.317 e. The second-order valence-electron chi connectivity index (χ2n) is 3.16. The van der Waals surface area contributed by atoms with E-state index in [4.69, 9.17) is 14.0 Å². The molecule has 6 nitrogen and oxygen atoms in total. The molecule has 0 radical (unpaired) electrons. The number of hydrogen-bond acceptors (Lipinski definition) is 5. The van der Waals surface area contributed by atoms with Crippen LogP contribution >= 0.6 is 0 Å². The van der Waals surface area contributed by atoms with Crippen LogP contribution in [-0.4, -0.2) is 22.8 Å². The maximum atomic E-state index is 10.3. The Bertz CT molecular complexity index is 461. The third kappa shape index (κ3) is 2.48. The Balaban J connectivity index is 1.95. The summed E-state index contributed by atoms with van der Waals surface area (Å²) in [6.07, 6.45) is 1.54. The molecule has 2 aromatic rings. The van der Waals surface area contributed by atoms with Crippen LogP contribution in [0.2, 0.25) is 0 Å². The molecule has 0 amide bonds. The summed E-state index contributed by atoms with van der Waals surface area (Å²) < 4.78 is 10.2. The van der Waals surface area contributed by atoms with Crippen LogP contribution in [0.5, 0.6) is 0 Å². The minimum atomic E-state index is -0.908. The van der Waals surface area contributed by atoms with Gasteiger partial charge in [-0.3, -0.25) is 4.79 Å². The first-order valence-electron chi connectivity index (χ1n) is 4.67. The predicted octanol–water partition coefficient (Wildman–Crippen LogP) is 1.11. The maximum absolute atomic E-state index is 10.3. The van der Waals surface area contributed by atoms with Gasteiger partial charge in [0, 0.05) is 12.6 Å². The van der Waals surface area contributed by atoms with Crippen molar-refractivity contribution in [3.8, 4) is 11.5 Å². The number of rotatable bonds is 5. The van der Waals surface area contributed by atoms with Crippen LogP contribution in [0.15, 0.2) is 33.4 Å². The van der Waals surface area contributed by atoms with E-state index < -0.39 is 5.97 Å². The summed E-state index contributed by atoms with van der Waals surface area (Å²) in [4.78, 5) is 10.3. The van der Waals surface area contributed by atoms with Gasteiger partial charge in [0.05, 0.1) is 18.5 Å². The Hall–Kier alpha value is -2.08. The predicted molar refractivity (Wildman–Crippen MR) is 53.5 cm³/mol. The molecule has 2 N–H and O–H groups in total. The van der Waals surface area contributed by atoms with Crippen LogP contribution in [-0.2, 0) is 11.3 Å². The number of hydrogen-bond donors (Lipinski definition) is 2. The summed E-state index contributed by atoms with van der Waals surface area (Å²) in [5, 5.41) is 14.9. The van der Waals surface area contributed by atoms with Crippen molar-refractivity contribution in [2.45, 2.75) is 6.54 Å². The number of aliphatic carboxylic acids is 1. The molecule has 0 saturated heterocycles. The topological polar surface area (TPSA) is 88.5 Å². The molecule has 0 bridgehead atoms. The summed E-state index contributed by atoms with van der Waals surface area (Å²) in [5.41, 5.74) is 0.632. The first-order valence-corrected chi connectivity index (χ1v) is 4.67. The smallest absolute Gasteiger partial charge is 0.317 e. The van der Waals surface area contributed by atoms with E-state index in [1.54, 1.807) is 24.5 Å². The van der Waals surface area contributed by atoms with Crippen LogP contribution in [0.4, 0.5) is 0 Å². The number of nitrogens with one attached hydrogen (secondary N) is 1. The monoisotopic (exact) mass is 222 g/mol. The number of carboxylic acids is 1. The van der Waals surface area contributed by atoms with Crippen molar-refractivity contribution in [2.75, 3.05) is 6.54 Å². The van der Waals surface area contributed by atoms with Crippen LogP contribution < -0.4 is 5.32 Å². The van der Waals surface area contributed by atoms with Gasteiger partial charge in [-0.2, -0.15) is 0 Å². The molecule has 84 valence electrons. The standard InChI is InChI=1S/C10H10N2O4/c13-10(14)6-11-5-7-4-9(16-12-7)8-2-1-3-15-8/h1-4,11H,5-6H2,(H,13,14). The number of furan rings is 1. The van der Waals surface area contributed by atoms with E-state index >= 15 is 0 Å². The fourth-order valence-corrected chi connectivity index (χ4v) is 1.23. The van der Waals surface area contributed by atoms with Gasteiger partial charge in [-0.25, -0.2) is 0 Å². The van der Waals surface area contributed by atoms with E-state index in [0.717, 1.165) is 0 Å². The van der Waals surface area contributed by atoms with E-state index in [1.807, 2.05) is 0 Å². The van der Waals surface area contributed by atoms with Gasteiger partial charge in [0.25, 0.3) is 0 Å². The van der Waals surface area contributed by atoms with Crippen LogP contribution in [0.3, 0.4) is 0 Å². The Morgan fingerprint density at radius 2 is 2.38 bits per heavy atom. The van der Waals surface area contributed by atoms with Crippen molar-refractivity contribution in [3.63, 3.8) is 0 Å². The average Bonchev–Trinajstić information content (AvgIpc) is 2.85. The fraction of sp³-hybridized carbons (Fsp3) is 0.200. The Labute approximate surface area is 90.8 Å². The van der Waals surface area contributed by atoms with E-state index in [0.29, 0.717) is 23.8 Å². The molecular weight excluding hydrogens is 212 g/mol. The van der Waals surface area contributed by atoms with Gasteiger partial charge in [-0.05, 0) is 12.1 Å². The molecule has 6 heteroatoms. The van der Waals surface area contributed by atoms with Crippen molar-refractivity contribution < 1.29 is 18.8 Å². The van der Waals surface area contributed by atoms with Crippen LogP contribution in [0.25, 0.3) is 11.5 Å². The van der Waals surface area contributed by atoms with Gasteiger partial charge in [-0.15, -0.1) is 0 Å². The van der Waals surface area contributed by atoms with Crippen LogP contribution in [0.1, 0.15) is 5.69 Å². The number of carboxylic acid groups (broad SMARTS) is 1. The molecule has 0 aliphatic heterocycles. The molecule has 2 heterocycles. The second-order valence-corrected chi connectivity index (χ2v) is 3.16. The lowest BCUT2D eigenvalue weighted by molar-refractivity contribution is -0.136. The van der Waals surface area contributed by atoms with Crippen molar-refractivity contribution in [1.82, 2.24) is 10.5 Å². The molecule has 0 aromatic carbocycles. The summed E-state index contributed by atoms with van der Waals surface area (Å²) in [6.45, 7) is 0.236. The quantitative estimate of drug-likeness (QED) is 0.787. The lowest BCUT2D eigenvalue weighted by Gasteiger charge is -1.95. The summed E-state index contributed by atoms with van der Waals surface area (Å²) in [5.74, 6) is 0.212.